The van der Waals surface area contributed by atoms with E-state index < -0.39 is 5.82 Å². The third-order valence-corrected chi connectivity index (χ3v) is 3.81. The number of hydrogen-bond acceptors (Lipinski definition) is 3. The average Bonchev–Trinajstić information content (AvgIpc) is 3.03. The average molecular weight is 319 g/mol. The molecule has 3 nitrogen and oxygen atoms in total. The molecule has 22 heavy (non-hydrogen) atoms. The molecule has 1 atom stereocenters. The van der Waals surface area contributed by atoms with Crippen molar-refractivity contribution >= 4 is 17.6 Å². The first kappa shape index (κ1) is 14.9. The molecule has 0 radical (unpaired) electrons. The van der Waals surface area contributed by atoms with Gasteiger partial charge in [0.2, 0.25) is 0 Å². The van der Waals surface area contributed by atoms with E-state index in [0.717, 1.165) is 5.56 Å². The normalized spacial score (nSPS) is 15.1. The van der Waals surface area contributed by atoms with E-state index in [1.807, 2.05) is 30.3 Å². The Balaban J connectivity index is 1.89. The summed E-state index contributed by atoms with van der Waals surface area (Å²) in [5, 5.41) is 3.30. The molecule has 114 valence electrons. The lowest BCUT2D eigenvalue weighted by molar-refractivity contribution is 0.324. The third kappa shape index (κ3) is 3.39. The highest BCUT2D eigenvalue weighted by Crippen LogP contribution is 2.26. The van der Waals surface area contributed by atoms with Crippen LogP contribution in [-0.4, -0.2) is 19.2 Å². The van der Waals surface area contributed by atoms with Crippen molar-refractivity contribution in [1.82, 2.24) is 5.32 Å². The van der Waals surface area contributed by atoms with E-state index in [-0.39, 0.29) is 11.1 Å². The van der Waals surface area contributed by atoms with Gasteiger partial charge in [0.15, 0.2) is 0 Å². The van der Waals surface area contributed by atoms with Crippen molar-refractivity contribution < 1.29 is 9.13 Å². The molecule has 2 aromatic rings. The number of nitrogens with zero attached hydrogens (tertiary/aromatic N) is 1. The summed E-state index contributed by atoms with van der Waals surface area (Å²) < 4.78 is 19.8. The number of aliphatic imine (C=N–C) groups is 1. The number of hydrogen-bond donors (Lipinski definition) is 1. The summed E-state index contributed by atoms with van der Waals surface area (Å²) >= 11 is 5.91. The fourth-order valence-corrected chi connectivity index (χ4v) is 2.63. The molecule has 0 fully saturated rings. The molecule has 0 spiro atoms. The number of halogens is 2. The molecule has 0 saturated heterocycles. The van der Waals surface area contributed by atoms with Crippen LogP contribution in [0.5, 0.6) is 0 Å². The number of benzene rings is 2. The van der Waals surface area contributed by atoms with Gasteiger partial charge in [-0.05, 0) is 18.1 Å². The molecular weight excluding hydrogens is 303 g/mol. The minimum absolute atomic E-state index is 0.117. The number of amidine groups is 1. The van der Waals surface area contributed by atoms with Crippen molar-refractivity contribution in [2.75, 3.05) is 13.2 Å². The van der Waals surface area contributed by atoms with Gasteiger partial charge < -0.3 is 10.1 Å². The Labute approximate surface area is 133 Å². The van der Waals surface area contributed by atoms with Crippen LogP contribution < -0.4 is 5.32 Å². The maximum atomic E-state index is 14.4. The minimum Gasteiger partial charge on any atom is -0.463 e. The molecule has 0 aliphatic carbocycles. The van der Waals surface area contributed by atoms with E-state index in [9.17, 15) is 4.39 Å². The van der Waals surface area contributed by atoms with E-state index in [0.29, 0.717) is 31.2 Å². The SMILES string of the molecule is Fc1c(Cl)cccc1C(Cc1ccccc1)NC1=NCCO1. The Morgan fingerprint density at radius 3 is 2.73 bits per heavy atom. The maximum Gasteiger partial charge on any atom is 0.285 e. The van der Waals surface area contributed by atoms with Crippen LogP contribution in [0.2, 0.25) is 5.02 Å². The van der Waals surface area contributed by atoms with Crippen LogP contribution in [0.1, 0.15) is 17.2 Å². The molecule has 0 amide bonds. The van der Waals surface area contributed by atoms with E-state index >= 15 is 0 Å². The summed E-state index contributed by atoms with van der Waals surface area (Å²) in [6.07, 6.45) is 0.612. The Morgan fingerprint density at radius 1 is 1.18 bits per heavy atom. The standard InChI is InChI=1S/C17H16ClFN2O/c18-14-8-4-7-13(16(14)19)15(21-17-20-9-10-22-17)11-12-5-2-1-3-6-12/h1-8,15H,9-11H2,(H,20,21). The molecule has 1 N–H and O–H groups in total. The Hall–Kier alpha value is -2.07. The summed E-state index contributed by atoms with van der Waals surface area (Å²) in [5.74, 6) is -0.406. The molecule has 0 aromatic heterocycles. The molecule has 5 heteroatoms. The molecule has 2 aromatic carbocycles. The molecule has 1 unspecified atom stereocenters. The van der Waals surface area contributed by atoms with Crippen molar-refractivity contribution in [2.45, 2.75) is 12.5 Å². The van der Waals surface area contributed by atoms with Gasteiger partial charge in [-0.25, -0.2) is 9.38 Å². The monoisotopic (exact) mass is 318 g/mol. The molecule has 1 heterocycles. The lowest BCUT2D eigenvalue weighted by atomic mass is 9.98. The van der Waals surface area contributed by atoms with Crippen molar-refractivity contribution in [3.8, 4) is 0 Å². The van der Waals surface area contributed by atoms with Crippen LogP contribution in [0, 0.1) is 5.82 Å². The van der Waals surface area contributed by atoms with Crippen LogP contribution in [0.15, 0.2) is 53.5 Å². The van der Waals surface area contributed by atoms with Gasteiger partial charge >= 0.3 is 0 Å². The minimum atomic E-state index is -0.406. The second kappa shape index (κ2) is 6.79. The first-order valence-electron chi connectivity index (χ1n) is 7.15. The fraction of sp³-hybridized carbons (Fsp3) is 0.235. The van der Waals surface area contributed by atoms with Gasteiger partial charge in [0.1, 0.15) is 12.4 Å². The van der Waals surface area contributed by atoms with Crippen molar-refractivity contribution in [2.24, 2.45) is 4.99 Å². The number of nitrogens with one attached hydrogen (secondary N) is 1. The number of ether oxygens (including phenoxy) is 1. The number of rotatable bonds is 4. The van der Waals surface area contributed by atoms with Gasteiger partial charge in [-0.3, -0.25) is 0 Å². The second-order valence-corrected chi connectivity index (χ2v) is 5.47. The van der Waals surface area contributed by atoms with Crippen LogP contribution in [0.4, 0.5) is 4.39 Å². The first-order valence-corrected chi connectivity index (χ1v) is 7.53. The summed E-state index contributed by atoms with van der Waals surface area (Å²) in [7, 11) is 0. The second-order valence-electron chi connectivity index (χ2n) is 5.07. The topological polar surface area (TPSA) is 33.6 Å². The van der Waals surface area contributed by atoms with Crippen molar-refractivity contribution in [1.29, 1.82) is 0 Å². The summed E-state index contributed by atoms with van der Waals surface area (Å²) in [4.78, 5) is 4.22. The van der Waals surface area contributed by atoms with Gasteiger partial charge in [0, 0.05) is 5.56 Å². The predicted molar refractivity (Wildman–Crippen MR) is 85.7 cm³/mol. The fourth-order valence-electron chi connectivity index (χ4n) is 2.45. The molecule has 1 aliphatic rings. The van der Waals surface area contributed by atoms with Gasteiger partial charge in [0.25, 0.3) is 6.02 Å². The highest BCUT2D eigenvalue weighted by Gasteiger charge is 2.21. The van der Waals surface area contributed by atoms with E-state index in [2.05, 4.69) is 10.3 Å². The highest BCUT2D eigenvalue weighted by molar-refractivity contribution is 6.30. The Bertz CT molecular complexity index is 676. The van der Waals surface area contributed by atoms with Crippen molar-refractivity contribution in [3.05, 3.63) is 70.5 Å². The quantitative estimate of drug-likeness (QED) is 0.931. The molecule has 0 bridgehead atoms. The van der Waals surface area contributed by atoms with E-state index in [4.69, 9.17) is 16.3 Å². The Morgan fingerprint density at radius 2 is 2.00 bits per heavy atom. The van der Waals surface area contributed by atoms with Gasteiger partial charge in [-0.15, -0.1) is 0 Å². The lowest BCUT2D eigenvalue weighted by Gasteiger charge is -2.21. The molecule has 0 saturated carbocycles. The summed E-state index contributed by atoms with van der Waals surface area (Å²) in [5.41, 5.74) is 1.60. The van der Waals surface area contributed by atoms with Crippen LogP contribution in [-0.2, 0) is 11.2 Å². The molecule has 3 rings (SSSR count). The van der Waals surface area contributed by atoms with Gasteiger partial charge in [0.05, 0.1) is 17.6 Å². The zero-order chi connectivity index (χ0) is 15.4. The largest absolute Gasteiger partial charge is 0.463 e. The Kier molecular flexibility index (Phi) is 4.59. The van der Waals surface area contributed by atoms with Gasteiger partial charge in [-0.1, -0.05) is 54.1 Å². The third-order valence-electron chi connectivity index (χ3n) is 3.52. The summed E-state index contributed by atoms with van der Waals surface area (Å²) in [6, 6.07) is 15.1. The van der Waals surface area contributed by atoms with Crippen LogP contribution in [0.25, 0.3) is 0 Å². The van der Waals surface area contributed by atoms with E-state index in [1.54, 1.807) is 18.2 Å². The molecule has 1 aliphatic heterocycles. The van der Waals surface area contributed by atoms with Crippen molar-refractivity contribution in [3.63, 3.8) is 0 Å². The summed E-state index contributed by atoms with van der Waals surface area (Å²) in [6.45, 7) is 1.18. The van der Waals surface area contributed by atoms with Gasteiger partial charge in [-0.2, -0.15) is 0 Å². The smallest absolute Gasteiger partial charge is 0.285 e. The highest BCUT2D eigenvalue weighted by atomic mass is 35.5. The first-order chi connectivity index (χ1) is 10.7. The maximum absolute atomic E-state index is 14.4. The van der Waals surface area contributed by atoms with Crippen LogP contribution in [0.3, 0.4) is 0 Å². The zero-order valence-corrected chi connectivity index (χ0v) is 12.7. The van der Waals surface area contributed by atoms with Crippen LogP contribution >= 0.6 is 11.6 Å². The predicted octanol–water partition coefficient (Wildman–Crippen LogP) is 3.74. The lowest BCUT2D eigenvalue weighted by Crippen LogP contribution is -2.30. The molecular formula is C17H16ClFN2O. The van der Waals surface area contributed by atoms with E-state index in [1.165, 1.54) is 0 Å². The zero-order valence-electron chi connectivity index (χ0n) is 11.9.